The molecule has 0 saturated carbocycles. The molecule has 0 aromatic heterocycles. The average molecular weight is 325 g/mol. The topological polar surface area (TPSA) is 62.7 Å². The van der Waals surface area contributed by atoms with Crippen LogP contribution in [0.3, 0.4) is 0 Å². The van der Waals surface area contributed by atoms with E-state index < -0.39 is 0 Å². The zero-order chi connectivity index (χ0) is 17.4. The first-order chi connectivity index (χ1) is 11.5. The van der Waals surface area contributed by atoms with Crippen LogP contribution in [-0.4, -0.2) is 18.9 Å². The Kier molecular flexibility index (Phi) is 6.37. The molecule has 126 valence electrons. The molecule has 0 radical (unpaired) electrons. The lowest BCUT2D eigenvalue weighted by Crippen LogP contribution is -2.24. The van der Waals surface area contributed by atoms with Gasteiger partial charge in [0.25, 0.3) is 0 Å². The normalized spacial score (nSPS) is 10.8. The van der Waals surface area contributed by atoms with Crippen LogP contribution in [0.2, 0.25) is 0 Å². The van der Waals surface area contributed by atoms with Crippen molar-refractivity contribution in [3.63, 3.8) is 0 Å². The van der Waals surface area contributed by atoms with E-state index in [0.29, 0.717) is 12.5 Å². The summed E-state index contributed by atoms with van der Waals surface area (Å²) >= 11 is 0. The third-order valence-corrected chi connectivity index (χ3v) is 3.24. The number of benzene rings is 2. The molecule has 5 heteroatoms. The second-order valence-electron chi connectivity index (χ2n) is 5.91. The molecule has 0 saturated heterocycles. The van der Waals surface area contributed by atoms with E-state index in [1.165, 1.54) is 0 Å². The molecule has 0 aliphatic heterocycles. The van der Waals surface area contributed by atoms with Crippen LogP contribution in [-0.2, 0) is 0 Å². The van der Waals surface area contributed by atoms with Gasteiger partial charge in [0.15, 0.2) is 0 Å². The maximum absolute atomic E-state index is 11.8. The van der Waals surface area contributed by atoms with Crippen molar-refractivity contribution < 1.29 is 9.53 Å². The number of ether oxygens (including phenoxy) is 1. The summed E-state index contributed by atoms with van der Waals surface area (Å²) in [4.78, 5) is 11.8. The molecule has 0 heterocycles. The van der Waals surface area contributed by atoms with Crippen LogP contribution in [0.15, 0.2) is 53.6 Å². The molecule has 2 aromatic rings. The number of urea groups is 1. The van der Waals surface area contributed by atoms with Crippen LogP contribution in [0.1, 0.15) is 25.0 Å². The van der Waals surface area contributed by atoms with Crippen molar-refractivity contribution in [3.05, 3.63) is 59.7 Å². The van der Waals surface area contributed by atoms with Crippen molar-refractivity contribution in [2.45, 2.75) is 20.8 Å². The van der Waals surface area contributed by atoms with Crippen molar-refractivity contribution in [1.29, 1.82) is 0 Å². The monoisotopic (exact) mass is 325 g/mol. The molecule has 2 aromatic carbocycles. The average Bonchev–Trinajstić information content (AvgIpc) is 2.56. The SMILES string of the molecule is Cc1ccccc1NC(=O)N/N=C\c1ccc(OCC(C)C)cc1. The van der Waals surface area contributed by atoms with Gasteiger partial charge in [-0.25, -0.2) is 10.2 Å². The Morgan fingerprint density at radius 1 is 1.17 bits per heavy atom. The van der Waals surface area contributed by atoms with Gasteiger partial charge in [0.05, 0.1) is 12.8 Å². The predicted octanol–water partition coefficient (Wildman–Crippen LogP) is 4.19. The third-order valence-electron chi connectivity index (χ3n) is 3.24. The number of amides is 2. The highest BCUT2D eigenvalue weighted by molar-refractivity contribution is 5.91. The number of hydrazone groups is 1. The number of aryl methyl sites for hydroxylation is 1. The molecule has 2 amide bonds. The van der Waals surface area contributed by atoms with Crippen LogP contribution in [0, 0.1) is 12.8 Å². The third kappa shape index (κ3) is 5.76. The molecular weight excluding hydrogens is 302 g/mol. The lowest BCUT2D eigenvalue weighted by molar-refractivity contribution is 0.252. The molecule has 0 aliphatic rings. The summed E-state index contributed by atoms with van der Waals surface area (Å²) in [6.45, 7) is 6.83. The van der Waals surface area contributed by atoms with Crippen LogP contribution in [0.25, 0.3) is 0 Å². The van der Waals surface area contributed by atoms with Gasteiger partial charge in [-0.1, -0.05) is 32.0 Å². The number of nitrogens with one attached hydrogen (secondary N) is 2. The summed E-state index contributed by atoms with van der Waals surface area (Å²) < 4.78 is 5.62. The van der Waals surface area contributed by atoms with Crippen molar-refractivity contribution >= 4 is 17.9 Å². The highest BCUT2D eigenvalue weighted by Gasteiger charge is 2.02. The molecule has 0 bridgehead atoms. The zero-order valence-corrected chi connectivity index (χ0v) is 14.2. The molecule has 2 rings (SSSR count). The number of carbonyl (C=O) groups excluding carboxylic acids is 1. The number of para-hydroxylation sites is 1. The lowest BCUT2D eigenvalue weighted by atomic mass is 10.2. The quantitative estimate of drug-likeness (QED) is 0.618. The second kappa shape index (κ2) is 8.72. The number of carbonyl (C=O) groups is 1. The summed E-state index contributed by atoms with van der Waals surface area (Å²) in [5.74, 6) is 1.31. The Morgan fingerprint density at radius 2 is 1.88 bits per heavy atom. The Morgan fingerprint density at radius 3 is 2.54 bits per heavy atom. The van der Waals surface area contributed by atoms with Crippen molar-refractivity contribution in [2.24, 2.45) is 11.0 Å². The first-order valence-corrected chi connectivity index (χ1v) is 7.93. The number of rotatable bonds is 6. The summed E-state index contributed by atoms with van der Waals surface area (Å²) in [7, 11) is 0. The van der Waals surface area contributed by atoms with E-state index in [9.17, 15) is 4.79 Å². The van der Waals surface area contributed by atoms with Crippen LogP contribution >= 0.6 is 0 Å². The zero-order valence-electron chi connectivity index (χ0n) is 14.2. The molecular formula is C19H23N3O2. The predicted molar refractivity (Wildman–Crippen MR) is 97.7 cm³/mol. The minimum absolute atomic E-state index is 0.377. The Labute approximate surface area is 142 Å². The molecule has 24 heavy (non-hydrogen) atoms. The van der Waals surface area contributed by atoms with Gasteiger partial charge in [0, 0.05) is 5.69 Å². The second-order valence-corrected chi connectivity index (χ2v) is 5.91. The van der Waals surface area contributed by atoms with Gasteiger partial charge in [-0.3, -0.25) is 0 Å². The van der Waals surface area contributed by atoms with Gasteiger partial charge in [0.1, 0.15) is 5.75 Å². The van der Waals surface area contributed by atoms with Crippen molar-refractivity contribution in [3.8, 4) is 5.75 Å². The fraction of sp³-hybridized carbons (Fsp3) is 0.263. The Balaban J connectivity index is 1.83. The Bertz CT molecular complexity index is 694. The van der Waals surface area contributed by atoms with Crippen LogP contribution in [0.4, 0.5) is 10.5 Å². The molecule has 0 unspecified atom stereocenters. The van der Waals surface area contributed by atoms with Gasteiger partial charge < -0.3 is 10.1 Å². The standard InChI is InChI=1S/C19H23N3O2/c1-14(2)13-24-17-10-8-16(9-11-17)12-20-22-19(23)21-18-7-5-4-6-15(18)3/h4-12,14H,13H2,1-3H3,(H2,21,22,23)/b20-12-. The number of hydrogen-bond donors (Lipinski definition) is 2. The van der Waals surface area contributed by atoms with Gasteiger partial charge >= 0.3 is 6.03 Å². The van der Waals surface area contributed by atoms with Gasteiger partial charge in [-0.2, -0.15) is 5.10 Å². The molecule has 0 aliphatic carbocycles. The van der Waals surface area contributed by atoms with Crippen molar-refractivity contribution in [2.75, 3.05) is 11.9 Å². The summed E-state index contributed by atoms with van der Waals surface area (Å²) in [6.07, 6.45) is 1.59. The van der Waals surface area contributed by atoms with Gasteiger partial charge in [0.2, 0.25) is 0 Å². The van der Waals surface area contributed by atoms with Crippen LogP contribution in [0.5, 0.6) is 5.75 Å². The van der Waals surface area contributed by atoms with E-state index in [1.54, 1.807) is 6.21 Å². The van der Waals surface area contributed by atoms with E-state index in [-0.39, 0.29) is 6.03 Å². The number of nitrogens with zero attached hydrogens (tertiary/aromatic N) is 1. The molecule has 0 fully saturated rings. The first-order valence-electron chi connectivity index (χ1n) is 7.93. The number of hydrogen-bond acceptors (Lipinski definition) is 3. The van der Waals surface area contributed by atoms with Gasteiger partial charge in [-0.15, -0.1) is 0 Å². The van der Waals surface area contributed by atoms with E-state index in [4.69, 9.17) is 4.74 Å². The van der Waals surface area contributed by atoms with E-state index in [0.717, 1.165) is 22.6 Å². The van der Waals surface area contributed by atoms with Gasteiger partial charge in [-0.05, 0) is 54.3 Å². The van der Waals surface area contributed by atoms with E-state index >= 15 is 0 Å². The van der Waals surface area contributed by atoms with E-state index in [1.807, 2.05) is 55.5 Å². The highest BCUT2D eigenvalue weighted by Crippen LogP contribution is 2.13. The summed E-state index contributed by atoms with van der Waals surface area (Å²) in [6, 6.07) is 14.7. The molecule has 2 N–H and O–H groups in total. The maximum atomic E-state index is 11.8. The number of anilines is 1. The van der Waals surface area contributed by atoms with E-state index in [2.05, 4.69) is 29.7 Å². The molecule has 0 atom stereocenters. The highest BCUT2D eigenvalue weighted by atomic mass is 16.5. The lowest BCUT2D eigenvalue weighted by Gasteiger charge is -2.08. The smallest absolute Gasteiger partial charge is 0.339 e. The largest absolute Gasteiger partial charge is 0.493 e. The summed E-state index contributed by atoms with van der Waals surface area (Å²) in [5, 5.41) is 6.69. The molecule has 5 nitrogen and oxygen atoms in total. The molecule has 0 spiro atoms. The minimum Gasteiger partial charge on any atom is -0.493 e. The van der Waals surface area contributed by atoms with Crippen molar-refractivity contribution in [1.82, 2.24) is 5.43 Å². The first kappa shape index (κ1) is 17.5. The fourth-order valence-electron chi connectivity index (χ4n) is 1.94. The Hall–Kier alpha value is -2.82. The maximum Gasteiger partial charge on any atom is 0.339 e. The fourth-order valence-corrected chi connectivity index (χ4v) is 1.94. The minimum atomic E-state index is -0.377. The summed E-state index contributed by atoms with van der Waals surface area (Å²) in [5.41, 5.74) is 5.08. The van der Waals surface area contributed by atoms with Crippen LogP contribution < -0.4 is 15.5 Å².